The molecule has 0 atom stereocenters. The van der Waals surface area contributed by atoms with Crippen LogP contribution in [0.2, 0.25) is 0 Å². The van der Waals surface area contributed by atoms with Crippen LogP contribution >= 0.6 is 0 Å². The highest BCUT2D eigenvalue weighted by Crippen LogP contribution is 2.27. The van der Waals surface area contributed by atoms with Gasteiger partial charge in [0.05, 0.1) is 0 Å². The van der Waals surface area contributed by atoms with Crippen LogP contribution in [0.25, 0.3) is 5.82 Å². The summed E-state index contributed by atoms with van der Waals surface area (Å²) in [5.74, 6) is -6.32. The van der Waals surface area contributed by atoms with Crippen LogP contribution in [0.4, 0.5) is 26.3 Å². The lowest BCUT2D eigenvalue weighted by molar-refractivity contribution is -0.144. The number of hydrogen-bond donors (Lipinski definition) is 0. The second kappa shape index (κ2) is 5.00. The molecule has 0 aliphatic rings. The SMILES string of the molecule is Cn1c(C(F)(F)F)cc(=O)n(-c2nc(F)c(F)cc2F)c1=O. The second-order valence-electron chi connectivity index (χ2n) is 4.11. The van der Waals surface area contributed by atoms with Gasteiger partial charge in [-0.1, -0.05) is 0 Å². The zero-order chi connectivity index (χ0) is 16.8. The molecule has 0 bridgehead atoms. The lowest BCUT2D eigenvalue weighted by atomic mass is 10.3. The van der Waals surface area contributed by atoms with E-state index in [4.69, 9.17) is 0 Å². The molecule has 0 aromatic carbocycles. The summed E-state index contributed by atoms with van der Waals surface area (Å²) in [5, 5.41) is 0. The molecule has 0 saturated heterocycles. The fourth-order valence-corrected chi connectivity index (χ4v) is 1.68. The Hall–Kier alpha value is -2.59. The van der Waals surface area contributed by atoms with Crippen LogP contribution in [0.1, 0.15) is 5.69 Å². The van der Waals surface area contributed by atoms with Gasteiger partial charge in [0.15, 0.2) is 17.5 Å². The van der Waals surface area contributed by atoms with E-state index in [1.807, 2.05) is 0 Å². The van der Waals surface area contributed by atoms with E-state index in [0.717, 1.165) is 0 Å². The Morgan fingerprint density at radius 1 is 1.05 bits per heavy atom. The van der Waals surface area contributed by atoms with Crippen LogP contribution in [0.5, 0.6) is 0 Å². The van der Waals surface area contributed by atoms with Crippen molar-refractivity contribution in [2.24, 2.45) is 7.05 Å². The van der Waals surface area contributed by atoms with Crippen molar-refractivity contribution in [3.63, 3.8) is 0 Å². The Morgan fingerprint density at radius 2 is 1.64 bits per heavy atom. The Morgan fingerprint density at radius 3 is 2.18 bits per heavy atom. The molecule has 2 rings (SSSR count). The van der Waals surface area contributed by atoms with Crippen molar-refractivity contribution in [2.45, 2.75) is 6.18 Å². The summed E-state index contributed by atoms with van der Waals surface area (Å²) < 4.78 is 77.1. The molecule has 0 radical (unpaired) electrons. The molecule has 0 saturated carbocycles. The van der Waals surface area contributed by atoms with Gasteiger partial charge in [0.2, 0.25) is 0 Å². The smallest absolute Gasteiger partial charge is 0.292 e. The normalized spacial score (nSPS) is 11.8. The van der Waals surface area contributed by atoms with Gasteiger partial charge in [-0.15, -0.1) is 0 Å². The average molecular weight is 325 g/mol. The zero-order valence-electron chi connectivity index (χ0n) is 10.6. The fourth-order valence-electron chi connectivity index (χ4n) is 1.68. The molecule has 0 fully saturated rings. The van der Waals surface area contributed by atoms with Crippen LogP contribution in [-0.2, 0) is 13.2 Å². The molecular formula is C11H5F6N3O2. The summed E-state index contributed by atoms with van der Waals surface area (Å²) in [7, 11) is 0.679. The summed E-state index contributed by atoms with van der Waals surface area (Å²) in [6.07, 6.45) is -5.01. The topological polar surface area (TPSA) is 56.9 Å². The Balaban J connectivity index is 2.85. The van der Waals surface area contributed by atoms with Crippen molar-refractivity contribution in [3.8, 4) is 5.82 Å². The van der Waals surface area contributed by atoms with E-state index >= 15 is 0 Å². The molecule has 5 nitrogen and oxygen atoms in total. The highest BCUT2D eigenvalue weighted by atomic mass is 19.4. The van der Waals surface area contributed by atoms with Gasteiger partial charge in [0.1, 0.15) is 5.69 Å². The van der Waals surface area contributed by atoms with Gasteiger partial charge in [-0.05, 0) is 0 Å². The third-order valence-corrected chi connectivity index (χ3v) is 2.69. The van der Waals surface area contributed by atoms with Gasteiger partial charge >= 0.3 is 11.9 Å². The summed E-state index contributed by atoms with van der Waals surface area (Å²) in [6, 6.07) is 0.0327. The maximum atomic E-state index is 13.5. The van der Waals surface area contributed by atoms with Crippen LogP contribution in [0, 0.1) is 17.6 Å². The molecule has 0 amide bonds. The van der Waals surface area contributed by atoms with Crippen molar-refractivity contribution in [1.82, 2.24) is 14.1 Å². The first kappa shape index (κ1) is 15.8. The maximum Gasteiger partial charge on any atom is 0.431 e. The molecule has 11 heteroatoms. The zero-order valence-corrected chi connectivity index (χ0v) is 10.6. The van der Waals surface area contributed by atoms with E-state index in [2.05, 4.69) is 4.98 Å². The number of nitrogens with zero attached hydrogens (tertiary/aromatic N) is 3. The Kier molecular flexibility index (Phi) is 3.59. The highest BCUT2D eigenvalue weighted by molar-refractivity contribution is 5.26. The Bertz CT molecular complexity index is 868. The first-order valence-electron chi connectivity index (χ1n) is 5.46. The van der Waals surface area contributed by atoms with Crippen LogP contribution in [-0.4, -0.2) is 14.1 Å². The van der Waals surface area contributed by atoms with Gasteiger partial charge in [-0.3, -0.25) is 9.36 Å². The molecular weight excluding hydrogens is 320 g/mol. The van der Waals surface area contributed by atoms with E-state index < -0.39 is 46.5 Å². The van der Waals surface area contributed by atoms with Gasteiger partial charge < -0.3 is 0 Å². The fraction of sp³-hybridized carbons (Fsp3) is 0.182. The molecule has 0 aliphatic heterocycles. The van der Waals surface area contributed by atoms with E-state index in [-0.39, 0.29) is 21.3 Å². The number of halogens is 6. The summed E-state index contributed by atoms with van der Waals surface area (Å²) in [4.78, 5) is 26.2. The van der Waals surface area contributed by atoms with Crippen LogP contribution in [0.15, 0.2) is 21.7 Å². The van der Waals surface area contributed by atoms with Gasteiger partial charge in [-0.25, -0.2) is 18.1 Å². The number of rotatable bonds is 1. The summed E-state index contributed by atoms with van der Waals surface area (Å²) >= 11 is 0. The van der Waals surface area contributed by atoms with E-state index in [0.29, 0.717) is 7.05 Å². The molecule has 2 aromatic heterocycles. The van der Waals surface area contributed by atoms with Crippen molar-refractivity contribution < 1.29 is 26.3 Å². The molecule has 0 N–H and O–H groups in total. The van der Waals surface area contributed by atoms with Gasteiger partial charge in [0, 0.05) is 19.2 Å². The lowest BCUT2D eigenvalue weighted by Crippen LogP contribution is -2.41. The Labute approximate surface area is 117 Å². The van der Waals surface area contributed by atoms with E-state index in [1.54, 1.807) is 0 Å². The minimum Gasteiger partial charge on any atom is -0.292 e. The number of hydrogen-bond acceptors (Lipinski definition) is 3. The largest absolute Gasteiger partial charge is 0.431 e. The van der Waals surface area contributed by atoms with Crippen molar-refractivity contribution >= 4 is 0 Å². The third-order valence-electron chi connectivity index (χ3n) is 2.69. The summed E-state index contributed by atoms with van der Waals surface area (Å²) in [6.45, 7) is 0. The molecule has 0 unspecified atom stereocenters. The van der Waals surface area contributed by atoms with E-state index in [1.165, 1.54) is 0 Å². The molecule has 2 aromatic rings. The first-order chi connectivity index (χ1) is 10.0. The molecule has 0 aliphatic carbocycles. The number of aromatic nitrogens is 3. The van der Waals surface area contributed by atoms with Crippen molar-refractivity contribution in [2.75, 3.05) is 0 Å². The monoisotopic (exact) mass is 325 g/mol. The van der Waals surface area contributed by atoms with Crippen molar-refractivity contribution in [1.29, 1.82) is 0 Å². The quantitative estimate of drug-likeness (QED) is 0.588. The molecule has 22 heavy (non-hydrogen) atoms. The molecule has 2 heterocycles. The molecule has 118 valence electrons. The standard InChI is InChI=1S/C11H5F6N3O2/c1-19-6(11(15,16)17)3-7(21)20(10(19)22)9-5(13)2-4(12)8(14)18-9/h2-3H,1H3. The minimum atomic E-state index is -5.01. The molecule has 0 spiro atoms. The predicted molar refractivity (Wildman–Crippen MR) is 60.0 cm³/mol. The van der Waals surface area contributed by atoms with Crippen LogP contribution < -0.4 is 11.2 Å². The predicted octanol–water partition coefficient (Wildman–Crippen LogP) is 1.37. The van der Waals surface area contributed by atoms with Gasteiger partial charge in [0.25, 0.3) is 11.5 Å². The average Bonchev–Trinajstić information content (AvgIpc) is 2.38. The first-order valence-corrected chi connectivity index (χ1v) is 5.46. The lowest BCUT2D eigenvalue weighted by Gasteiger charge is -2.13. The maximum absolute atomic E-state index is 13.5. The minimum absolute atomic E-state index is 0.0151. The van der Waals surface area contributed by atoms with Crippen LogP contribution in [0.3, 0.4) is 0 Å². The summed E-state index contributed by atoms with van der Waals surface area (Å²) in [5.41, 5.74) is -4.79. The van der Waals surface area contributed by atoms with E-state index in [9.17, 15) is 35.9 Å². The third kappa shape index (κ3) is 2.49. The van der Waals surface area contributed by atoms with Crippen molar-refractivity contribution in [3.05, 3.63) is 56.2 Å². The number of alkyl halides is 3. The number of pyridine rings is 1. The van der Waals surface area contributed by atoms with Gasteiger partial charge in [-0.2, -0.15) is 22.5 Å². The highest BCUT2D eigenvalue weighted by Gasteiger charge is 2.35. The second-order valence-corrected chi connectivity index (χ2v) is 4.11.